The molecular weight excluding hydrogens is 897 g/mol. The third-order valence-corrected chi connectivity index (χ3v) is 9.27. The predicted molar refractivity (Wildman–Crippen MR) is 249 cm³/mol. The predicted octanol–water partition coefficient (Wildman–Crippen LogP) is 4.69. The number of carbonyl (C=O) groups is 4. The van der Waals surface area contributed by atoms with Crippen molar-refractivity contribution >= 4 is 23.9 Å². The molecule has 0 spiro atoms. The van der Waals surface area contributed by atoms with Crippen LogP contribution in [0.1, 0.15) is 142 Å². The van der Waals surface area contributed by atoms with Gasteiger partial charge in [0.25, 0.3) is 0 Å². The number of ether oxygens (including phenoxy) is 8. The first kappa shape index (κ1) is 66.2. The maximum absolute atomic E-state index is 11.7. The SMILES string of the molecule is CCCC(OCC(O)COC(=O)CCCCCN)OCC(O)COC(=O)CCCCCN.CCCC(OCC(O)COC(=O)CCCCCN=[N+]=[N-])OCC(O)COC(=O)CCCCCN=[N+]=[N-]. The summed E-state index contributed by atoms with van der Waals surface area (Å²) in [5.41, 5.74) is 27.2. The lowest BCUT2D eigenvalue weighted by atomic mass is 10.2. The van der Waals surface area contributed by atoms with Crippen molar-refractivity contribution in [3.05, 3.63) is 20.9 Å². The summed E-state index contributed by atoms with van der Waals surface area (Å²) in [5, 5.41) is 46.8. The third kappa shape index (κ3) is 47.2. The zero-order valence-electron chi connectivity index (χ0n) is 40.6. The maximum Gasteiger partial charge on any atom is 0.305 e. The smallest absolute Gasteiger partial charge is 0.305 e. The summed E-state index contributed by atoms with van der Waals surface area (Å²) in [4.78, 5) is 52.0. The molecule has 0 saturated heterocycles. The third-order valence-electron chi connectivity index (χ3n) is 9.27. The summed E-state index contributed by atoms with van der Waals surface area (Å²) in [7, 11) is 0. The molecule has 0 saturated carbocycles. The Morgan fingerprint density at radius 2 is 0.706 bits per heavy atom. The zero-order valence-corrected chi connectivity index (χ0v) is 40.6. The van der Waals surface area contributed by atoms with E-state index in [0.29, 0.717) is 90.4 Å². The molecule has 0 aromatic heterocycles. The minimum atomic E-state index is -1.03. The number of unbranched alkanes of at least 4 members (excludes halogenated alkanes) is 8. The Labute approximate surface area is 401 Å². The molecule has 396 valence electrons. The number of nitrogens with two attached hydrogens (primary N) is 2. The van der Waals surface area contributed by atoms with Crippen LogP contribution in [0.25, 0.3) is 20.9 Å². The molecule has 0 aliphatic rings. The minimum Gasteiger partial charge on any atom is -0.463 e. The van der Waals surface area contributed by atoms with Crippen molar-refractivity contribution in [1.82, 2.24) is 0 Å². The van der Waals surface area contributed by atoms with E-state index < -0.39 is 48.9 Å². The summed E-state index contributed by atoms with van der Waals surface area (Å²) < 4.78 is 42.3. The van der Waals surface area contributed by atoms with E-state index in [1.54, 1.807) is 0 Å². The fraction of sp³-hybridized carbons (Fsp3) is 0.909. The summed E-state index contributed by atoms with van der Waals surface area (Å²) >= 11 is 0. The molecular formula is C44H84N8O16. The van der Waals surface area contributed by atoms with Crippen molar-refractivity contribution in [2.75, 3.05) is 79.0 Å². The normalized spacial score (nSPS) is 13.5. The van der Waals surface area contributed by atoms with E-state index in [1.807, 2.05) is 13.8 Å². The van der Waals surface area contributed by atoms with Crippen molar-refractivity contribution < 1.29 is 77.5 Å². The molecule has 68 heavy (non-hydrogen) atoms. The van der Waals surface area contributed by atoms with Gasteiger partial charge in [-0.2, -0.15) is 0 Å². The van der Waals surface area contributed by atoms with Crippen molar-refractivity contribution in [3.63, 3.8) is 0 Å². The highest BCUT2D eigenvalue weighted by molar-refractivity contribution is 5.70. The quantitative estimate of drug-likeness (QED) is 0.00916. The van der Waals surface area contributed by atoms with Crippen LogP contribution in [0, 0.1) is 0 Å². The number of carbonyl (C=O) groups excluding carboxylic acids is 4. The highest BCUT2D eigenvalue weighted by atomic mass is 16.7. The molecule has 0 aliphatic heterocycles. The molecule has 0 heterocycles. The Balaban J connectivity index is 0. The number of nitrogens with zero attached hydrogens (tertiary/aromatic N) is 6. The van der Waals surface area contributed by atoms with Crippen LogP contribution in [0.15, 0.2) is 10.2 Å². The Morgan fingerprint density at radius 3 is 0.941 bits per heavy atom. The van der Waals surface area contributed by atoms with Gasteiger partial charge in [-0.25, -0.2) is 0 Å². The van der Waals surface area contributed by atoms with E-state index in [9.17, 15) is 39.6 Å². The summed E-state index contributed by atoms with van der Waals surface area (Å²) in [5.74, 6) is -1.57. The molecule has 0 aliphatic carbocycles. The summed E-state index contributed by atoms with van der Waals surface area (Å²) in [6, 6.07) is 0. The fourth-order valence-corrected chi connectivity index (χ4v) is 5.54. The number of aliphatic hydroxyl groups excluding tert-OH is 4. The Kier molecular flexibility index (Phi) is 48.2. The van der Waals surface area contributed by atoms with Crippen LogP contribution < -0.4 is 11.5 Å². The molecule has 8 N–H and O–H groups in total. The highest BCUT2D eigenvalue weighted by Crippen LogP contribution is 2.10. The van der Waals surface area contributed by atoms with Gasteiger partial charge in [-0.05, 0) is 88.4 Å². The second kappa shape index (κ2) is 49.5. The first-order valence-electron chi connectivity index (χ1n) is 24.1. The molecule has 0 rings (SSSR count). The first-order valence-corrected chi connectivity index (χ1v) is 24.1. The fourth-order valence-electron chi connectivity index (χ4n) is 5.54. The van der Waals surface area contributed by atoms with Crippen LogP contribution >= 0.6 is 0 Å². The van der Waals surface area contributed by atoms with Crippen molar-refractivity contribution in [2.24, 2.45) is 21.7 Å². The average Bonchev–Trinajstić information content (AvgIpc) is 3.33. The number of rotatable bonds is 46. The van der Waals surface area contributed by atoms with Crippen LogP contribution in [0.5, 0.6) is 0 Å². The average molecular weight is 981 g/mol. The number of azide groups is 2. The Morgan fingerprint density at radius 1 is 0.441 bits per heavy atom. The van der Waals surface area contributed by atoms with Gasteiger partial charge in [0, 0.05) is 48.6 Å². The number of aliphatic hydroxyl groups is 4. The van der Waals surface area contributed by atoms with Crippen molar-refractivity contribution in [3.8, 4) is 0 Å². The van der Waals surface area contributed by atoms with Crippen molar-refractivity contribution in [1.29, 1.82) is 0 Å². The van der Waals surface area contributed by atoms with Gasteiger partial charge in [0.15, 0.2) is 12.6 Å². The van der Waals surface area contributed by atoms with E-state index in [2.05, 4.69) is 20.1 Å². The molecule has 0 radical (unpaired) electrons. The van der Waals surface area contributed by atoms with E-state index in [4.69, 9.17) is 60.4 Å². The maximum atomic E-state index is 11.7. The standard InChI is InChI=1S/C22H40N6O8.C22H44N2O8/c1-2-9-22(35-16-18(29)14-33-20(31)10-5-3-7-12-25-27-23)36-17-19(30)15-34-21(32)11-6-4-8-13-26-28-24;1-2-9-22(31-16-18(25)14-29-20(27)10-5-3-7-12-23)32-17-19(26)15-30-21(28)11-6-4-8-13-24/h18-19,22,29-30H,2-17H2,1H3;18-19,22,25-26H,2-17,23-24H2,1H3. The van der Waals surface area contributed by atoms with Crippen LogP contribution in [0.4, 0.5) is 0 Å². The molecule has 4 unspecified atom stereocenters. The summed E-state index contributed by atoms with van der Waals surface area (Å²) in [6.07, 6.45) is 7.26. The van der Waals surface area contributed by atoms with E-state index in [-0.39, 0.29) is 77.6 Å². The lowest BCUT2D eigenvalue weighted by Gasteiger charge is -2.21. The van der Waals surface area contributed by atoms with Gasteiger partial charge in [-0.1, -0.05) is 62.6 Å². The molecule has 0 amide bonds. The highest BCUT2D eigenvalue weighted by Gasteiger charge is 2.19. The zero-order chi connectivity index (χ0) is 50.9. The molecule has 0 aromatic carbocycles. The molecule has 4 atom stereocenters. The van der Waals surface area contributed by atoms with Gasteiger partial charge >= 0.3 is 23.9 Å². The molecule has 0 bridgehead atoms. The lowest BCUT2D eigenvalue weighted by molar-refractivity contribution is -0.183. The number of hydrogen-bond acceptors (Lipinski definition) is 20. The number of esters is 4. The van der Waals surface area contributed by atoms with Gasteiger partial charge < -0.3 is 69.8 Å². The molecule has 24 heteroatoms. The Hall–Kier alpha value is -3.90. The van der Waals surface area contributed by atoms with Gasteiger partial charge in [-0.15, -0.1) is 0 Å². The number of hydrogen-bond donors (Lipinski definition) is 6. The molecule has 0 fully saturated rings. The molecule has 0 aromatic rings. The van der Waals surface area contributed by atoms with E-state index in [1.165, 1.54) is 0 Å². The van der Waals surface area contributed by atoms with Gasteiger partial charge in [0.2, 0.25) is 0 Å². The van der Waals surface area contributed by atoms with E-state index >= 15 is 0 Å². The lowest BCUT2D eigenvalue weighted by Crippen LogP contribution is -2.31. The Bertz CT molecular complexity index is 1250. The van der Waals surface area contributed by atoms with Crippen LogP contribution in [-0.4, -0.2) is 160 Å². The molecule has 24 nitrogen and oxygen atoms in total. The largest absolute Gasteiger partial charge is 0.463 e. The topological polar surface area (TPSA) is 373 Å². The van der Waals surface area contributed by atoms with Gasteiger partial charge in [0.1, 0.15) is 50.8 Å². The second-order valence-electron chi connectivity index (χ2n) is 15.8. The first-order chi connectivity index (χ1) is 32.8. The van der Waals surface area contributed by atoms with Crippen LogP contribution in [0.3, 0.4) is 0 Å². The van der Waals surface area contributed by atoms with Crippen molar-refractivity contribution in [2.45, 2.75) is 179 Å². The second-order valence-corrected chi connectivity index (χ2v) is 15.8. The van der Waals surface area contributed by atoms with Gasteiger partial charge in [0.05, 0.1) is 26.4 Å². The minimum absolute atomic E-state index is 0.0704. The summed E-state index contributed by atoms with van der Waals surface area (Å²) in [6.45, 7) is 4.77. The van der Waals surface area contributed by atoms with Gasteiger partial charge in [-0.3, -0.25) is 19.2 Å². The van der Waals surface area contributed by atoms with E-state index in [0.717, 1.165) is 51.4 Å². The monoisotopic (exact) mass is 981 g/mol. The van der Waals surface area contributed by atoms with Crippen LogP contribution in [0.2, 0.25) is 0 Å². The van der Waals surface area contributed by atoms with Crippen LogP contribution in [-0.2, 0) is 57.1 Å².